The van der Waals surface area contributed by atoms with Crippen molar-refractivity contribution in [2.24, 2.45) is 11.3 Å². The standard InChI is InChI=1S/C17H22O6/c1-21-14(18)11-8-12-17(15(19)22-2,16(20)23-3)13-9-6-4-5-7-10-13/h6,9,13H,4-5,7,10,12H2,1-3H3. The number of rotatable bonds is 4. The molecule has 0 fully saturated rings. The summed E-state index contributed by atoms with van der Waals surface area (Å²) < 4.78 is 14.2. The van der Waals surface area contributed by atoms with Gasteiger partial charge in [-0.15, -0.1) is 0 Å². The lowest BCUT2D eigenvalue weighted by Crippen LogP contribution is -2.46. The molecular formula is C17H22O6. The fourth-order valence-corrected chi connectivity index (χ4v) is 2.73. The van der Waals surface area contributed by atoms with Crippen molar-refractivity contribution in [3.05, 3.63) is 12.2 Å². The second-order valence-electron chi connectivity index (χ2n) is 5.24. The minimum absolute atomic E-state index is 0.170. The summed E-state index contributed by atoms with van der Waals surface area (Å²) in [5, 5.41) is 0. The van der Waals surface area contributed by atoms with E-state index in [9.17, 15) is 14.4 Å². The third-order valence-electron chi connectivity index (χ3n) is 3.98. The second-order valence-corrected chi connectivity index (χ2v) is 5.24. The fraction of sp³-hybridized carbons (Fsp3) is 0.588. The molecule has 6 nitrogen and oxygen atoms in total. The molecule has 0 heterocycles. The van der Waals surface area contributed by atoms with Crippen molar-refractivity contribution in [2.75, 3.05) is 21.3 Å². The fourth-order valence-electron chi connectivity index (χ4n) is 2.73. The summed E-state index contributed by atoms with van der Waals surface area (Å²) in [6.45, 7) is 0. The quantitative estimate of drug-likeness (QED) is 0.195. The Bertz CT molecular complexity index is 521. The average Bonchev–Trinajstić information content (AvgIpc) is 2.86. The lowest BCUT2D eigenvalue weighted by atomic mass is 9.71. The van der Waals surface area contributed by atoms with Gasteiger partial charge in [0.15, 0.2) is 5.41 Å². The van der Waals surface area contributed by atoms with Crippen LogP contribution in [0.2, 0.25) is 0 Å². The van der Waals surface area contributed by atoms with Crippen LogP contribution in [0, 0.1) is 23.2 Å². The van der Waals surface area contributed by atoms with Gasteiger partial charge in [-0.25, -0.2) is 4.79 Å². The van der Waals surface area contributed by atoms with Crippen molar-refractivity contribution in [1.29, 1.82) is 0 Å². The maximum absolute atomic E-state index is 12.5. The third kappa shape index (κ3) is 4.35. The van der Waals surface area contributed by atoms with Gasteiger partial charge in [0, 0.05) is 18.3 Å². The van der Waals surface area contributed by atoms with Gasteiger partial charge in [-0.3, -0.25) is 9.59 Å². The van der Waals surface area contributed by atoms with Crippen LogP contribution in [0.4, 0.5) is 0 Å². The largest absolute Gasteiger partial charge is 0.468 e. The van der Waals surface area contributed by atoms with Crippen molar-refractivity contribution in [2.45, 2.75) is 32.1 Å². The number of hydrogen-bond acceptors (Lipinski definition) is 6. The molecule has 0 aromatic carbocycles. The number of hydrogen-bond donors (Lipinski definition) is 0. The number of carbonyl (C=O) groups excluding carboxylic acids is 3. The van der Waals surface area contributed by atoms with E-state index < -0.39 is 29.2 Å². The minimum atomic E-state index is -1.58. The molecule has 0 aromatic rings. The van der Waals surface area contributed by atoms with Crippen LogP contribution in [-0.2, 0) is 28.6 Å². The Labute approximate surface area is 136 Å². The molecule has 1 atom stereocenters. The molecule has 126 valence electrons. The van der Waals surface area contributed by atoms with Crippen molar-refractivity contribution < 1.29 is 28.6 Å². The predicted octanol–water partition coefficient (Wildman–Crippen LogP) is 1.63. The summed E-state index contributed by atoms with van der Waals surface area (Å²) in [6.07, 6.45) is 7.02. The molecule has 0 aliphatic heterocycles. The SMILES string of the molecule is COC(=O)C#CCC(C(=O)OC)(C(=O)OC)C1C=CCCCC1. The predicted molar refractivity (Wildman–Crippen MR) is 82.0 cm³/mol. The van der Waals surface area contributed by atoms with Crippen molar-refractivity contribution >= 4 is 17.9 Å². The van der Waals surface area contributed by atoms with Gasteiger partial charge in [0.05, 0.1) is 21.3 Å². The van der Waals surface area contributed by atoms with E-state index in [0.717, 1.165) is 19.3 Å². The van der Waals surface area contributed by atoms with Gasteiger partial charge in [0.25, 0.3) is 0 Å². The average molecular weight is 322 g/mol. The highest BCUT2D eigenvalue weighted by Gasteiger charge is 2.53. The molecule has 0 spiro atoms. The van der Waals surface area contributed by atoms with Crippen LogP contribution in [0.5, 0.6) is 0 Å². The molecule has 6 heteroatoms. The molecule has 0 bridgehead atoms. The smallest absolute Gasteiger partial charge is 0.384 e. The van der Waals surface area contributed by atoms with Crippen molar-refractivity contribution in [3.63, 3.8) is 0 Å². The number of allylic oxidation sites excluding steroid dienone is 2. The summed E-state index contributed by atoms with van der Waals surface area (Å²) in [5.74, 6) is 2.27. The van der Waals surface area contributed by atoms with Crippen LogP contribution in [-0.4, -0.2) is 39.2 Å². The Kier molecular flexibility index (Phi) is 7.33. The Morgan fingerprint density at radius 1 is 1.09 bits per heavy atom. The Balaban J connectivity index is 3.28. The first kappa shape index (κ1) is 18.8. The van der Waals surface area contributed by atoms with E-state index in [1.54, 1.807) is 0 Å². The first-order chi connectivity index (χ1) is 11.0. The van der Waals surface area contributed by atoms with Crippen LogP contribution in [0.1, 0.15) is 32.1 Å². The Morgan fingerprint density at radius 3 is 2.30 bits per heavy atom. The summed E-state index contributed by atoms with van der Waals surface area (Å²) in [7, 11) is 3.64. The van der Waals surface area contributed by atoms with E-state index >= 15 is 0 Å². The Hall–Kier alpha value is -2.29. The third-order valence-corrected chi connectivity index (χ3v) is 3.98. The van der Waals surface area contributed by atoms with Crippen LogP contribution >= 0.6 is 0 Å². The summed E-state index contributed by atoms with van der Waals surface area (Å²) in [4.78, 5) is 36.1. The molecule has 0 aromatic heterocycles. The molecule has 0 radical (unpaired) electrons. The van der Waals surface area contributed by atoms with Crippen LogP contribution in [0.15, 0.2) is 12.2 Å². The van der Waals surface area contributed by atoms with E-state index in [1.807, 2.05) is 12.2 Å². The highest BCUT2D eigenvalue weighted by atomic mass is 16.5. The topological polar surface area (TPSA) is 78.9 Å². The van der Waals surface area contributed by atoms with Gasteiger partial charge in [0.1, 0.15) is 0 Å². The maximum Gasteiger partial charge on any atom is 0.384 e. The molecule has 0 saturated carbocycles. The molecule has 1 unspecified atom stereocenters. The molecule has 0 saturated heterocycles. The van der Waals surface area contributed by atoms with Crippen molar-refractivity contribution in [1.82, 2.24) is 0 Å². The minimum Gasteiger partial charge on any atom is -0.468 e. The zero-order valence-electron chi connectivity index (χ0n) is 13.7. The summed E-state index contributed by atoms with van der Waals surface area (Å²) in [5.41, 5.74) is -1.58. The molecule has 1 aliphatic carbocycles. The molecule has 0 amide bonds. The van der Waals surface area contributed by atoms with Crippen LogP contribution in [0.3, 0.4) is 0 Å². The maximum atomic E-state index is 12.5. The van der Waals surface area contributed by atoms with E-state index in [2.05, 4.69) is 16.6 Å². The number of ether oxygens (including phenoxy) is 3. The van der Waals surface area contributed by atoms with Gasteiger partial charge >= 0.3 is 17.9 Å². The zero-order valence-corrected chi connectivity index (χ0v) is 13.7. The molecule has 23 heavy (non-hydrogen) atoms. The Morgan fingerprint density at radius 2 is 1.74 bits per heavy atom. The first-order valence-electron chi connectivity index (χ1n) is 7.43. The van der Waals surface area contributed by atoms with Crippen LogP contribution in [0.25, 0.3) is 0 Å². The van der Waals surface area contributed by atoms with Gasteiger partial charge in [-0.05, 0) is 19.3 Å². The first-order valence-corrected chi connectivity index (χ1v) is 7.43. The zero-order chi connectivity index (χ0) is 17.3. The van der Waals surface area contributed by atoms with E-state index in [1.165, 1.54) is 21.3 Å². The monoisotopic (exact) mass is 322 g/mol. The summed E-state index contributed by atoms with van der Waals surface area (Å²) in [6, 6.07) is 0. The lowest BCUT2D eigenvalue weighted by Gasteiger charge is -2.32. The molecular weight excluding hydrogens is 300 g/mol. The number of carbonyl (C=O) groups is 3. The van der Waals surface area contributed by atoms with Gasteiger partial charge in [-0.1, -0.05) is 24.5 Å². The van der Waals surface area contributed by atoms with E-state index in [0.29, 0.717) is 6.42 Å². The second kappa shape index (κ2) is 8.99. The molecule has 1 rings (SSSR count). The number of methoxy groups -OCH3 is 3. The molecule has 1 aliphatic rings. The van der Waals surface area contributed by atoms with Gasteiger partial charge < -0.3 is 14.2 Å². The highest BCUT2D eigenvalue weighted by molar-refractivity contribution is 6.01. The van der Waals surface area contributed by atoms with Crippen LogP contribution < -0.4 is 0 Å². The summed E-state index contributed by atoms with van der Waals surface area (Å²) >= 11 is 0. The van der Waals surface area contributed by atoms with Gasteiger partial charge in [0.2, 0.25) is 0 Å². The highest BCUT2D eigenvalue weighted by Crippen LogP contribution is 2.40. The van der Waals surface area contributed by atoms with E-state index in [-0.39, 0.29) is 6.42 Å². The normalized spacial score (nSPS) is 17.3. The van der Waals surface area contributed by atoms with Crippen molar-refractivity contribution in [3.8, 4) is 11.8 Å². The van der Waals surface area contributed by atoms with Gasteiger partial charge in [-0.2, -0.15) is 0 Å². The van der Waals surface area contributed by atoms with E-state index in [4.69, 9.17) is 9.47 Å². The molecule has 0 N–H and O–H groups in total. The lowest BCUT2D eigenvalue weighted by molar-refractivity contribution is -0.172. The number of esters is 3.